The van der Waals surface area contributed by atoms with E-state index in [0.29, 0.717) is 5.41 Å². The maximum atomic E-state index is 11.0. The monoisotopic (exact) mass is 328 g/mol. The van der Waals surface area contributed by atoms with Gasteiger partial charge in [0.05, 0.1) is 11.8 Å². The van der Waals surface area contributed by atoms with Gasteiger partial charge in [0.25, 0.3) is 0 Å². The van der Waals surface area contributed by atoms with Crippen LogP contribution in [0.3, 0.4) is 0 Å². The summed E-state index contributed by atoms with van der Waals surface area (Å²) in [5, 5.41) is 18.6. The smallest absolute Gasteiger partial charge is 0.0675 e. The molecular formula is C21H32N2O. The third-order valence-corrected chi connectivity index (χ3v) is 9.46. The van der Waals surface area contributed by atoms with Crippen LogP contribution < -0.4 is 0 Å². The first-order valence-corrected chi connectivity index (χ1v) is 10.1. The zero-order chi connectivity index (χ0) is 16.7. The first-order chi connectivity index (χ1) is 11.4. The fourth-order valence-corrected chi connectivity index (χ4v) is 7.71. The van der Waals surface area contributed by atoms with Crippen LogP contribution >= 0.6 is 0 Å². The molecule has 132 valence electrons. The Hall–Kier alpha value is -0.830. The van der Waals surface area contributed by atoms with Gasteiger partial charge < -0.3 is 5.11 Å². The Balaban J connectivity index is 1.50. The highest BCUT2D eigenvalue weighted by Gasteiger charge is 2.63. The second-order valence-electron chi connectivity index (χ2n) is 10.2. The van der Waals surface area contributed by atoms with Crippen molar-refractivity contribution in [1.82, 2.24) is 10.2 Å². The van der Waals surface area contributed by atoms with E-state index < -0.39 is 5.60 Å². The number of aromatic amines is 1. The number of aliphatic hydroxyl groups is 1. The molecule has 24 heavy (non-hydrogen) atoms. The van der Waals surface area contributed by atoms with Gasteiger partial charge in [-0.05, 0) is 98.4 Å². The van der Waals surface area contributed by atoms with E-state index in [1.54, 1.807) is 0 Å². The minimum Gasteiger partial charge on any atom is -0.390 e. The topological polar surface area (TPSA) is 48.9 Å². The van der Waals surface area contributed by atoms with Crippen molar-refractivity contribution in [3.63, 3.8) is 0 Å². The summed E-state index contributed by atoms with van der Waals surface area (Å²) < 4.78 is 0. The van der Waals surface area contributed by atoms with Crippen LogP contribution in [0.5, 0.6) is 0 Å². The zero-order valence-corrected chi connectivity index (χ0v) is 15.4. The van der Waals surface area contributed by atoms with Crippen LogP contribution in [0, 0.1) is 34.5 Å². The van der Waals surface area contributed by atoms with Gasteiger partial charge >= 0.3 is 0 Å². The van der Waals surface area contributed by atoms with Crippen molar-refractivity contribution >= 4 is 0 Å². The number of nitrogens with one attached hydrogen (secondary N) is 1. The molecule has 3 saturated carbocycles. The molecule has 1 aromatic rings. The Morgan fingerprint density at radius 1 is 1.08 bits per heavy atom. The molecule has 3 fully saturated rings. The van der Waals surface area contributed by atoms with Gasteiger partial charge in [-0.15, -0.1) is 0 Å². The van der Waals surface area contributed by atoms with Crippen LogP contribution in [-0.2, 0) is 12.8 Å². The normalized spacial score (nSPS) is 53.0. The van der Waals surface area contributed by atoms with Crippen LogP contribution in [-0.4, -0.2) is 20.9 Å². The predicted molar refractivity (Wildman–Crippen MR) is 94.5 cm³/mol. The lowest BCUT2D eigenvalue weighted by atomic mass is 9.44. The highest BCUT2D eigenvalue weighted by Crippen LogP contribution is 2.67. The van der Waals surface area contributed by atoms with E-state index in [1.807, 2.05) is 0 Å². The van der Waals surface area contributed by atoms with E-state index in [0.717, 1.165) is 30.1 Å². The van der Waals surface area contributed by atoms with Gasteiger partial charge in [0.1, 0.15) is 0 Å². The van der Waals surface area contributed by atoms with E-state index in [1.165, 1.54) is 56.2 Å². The molecule has 0 aromatic carbocycles. The highest BCUT2D eigenvalue weighted by molar-refractivity contribution is 5.26. The van der Waals surface area contributed by atoms with Crippen molar-refractivity contribution in [2.45, 2.75) is 77.7 Å². The van der Waals surface area contributed by atoms with Crippen molar-refractivity contribution in [3.8, 4) is 0 Å². The van der Waals surface area contributed by atoms with Gasteiger partial charge in [0, 0.05) is 5.69 Å². The molecule has 3 heteroatoms. The molecule has 2 N–H and O–H groups in total. The third-order valence-electron chi connectivity index (χ3n) is 9.46. The Morgan fingerprint density at radius 2 is 1.88 bits per heavy atom. The van der Waals surface area contributed by atoms with Crippen molar-refractivity contribution < 1.29 is 5.11 Å². The van der Waals surface area contributed by atoms with Crippen molar-refractivity contribution in [1.29, 1.82) is 0 Å². The second kappa shape index (κ2) is 4.66. The fourth-order valence-electron chi connectivity index (χ4n) is 7.71. The summed E-state index contributed by atoms with van der Waals surface area (Å²) in [5.74, 6) is 3.21. The van der Waals surface area contributed by atoms with E-state index in [4.69, 9.17) is 0 Å². The summed E-state index contributed by atoms with van der Waals surface area (Å²) in [6.45, 7) is 7.09. The molecule has 5 rings (SSSR count). The average Bonchev–Trinajstić information content (AvgIpc) is 3.06. The highest BCUT2D eigenvalue weighted by atomic mass is 16.3. The molecule has 0 aliphatic heterocycles. The first kappa shape index (κ1) is 15.4. The lowest BCUT2D eigenvalue weighted by Gasteiger charge is -2.60. The van der Waals surface area contributed by atoms with Crippen molar-refractivity contribution in [3.05, 3.63) is 17.5 Å². The number of aromatic nitrogens is 2. The van der Waals surface area contributed by atoms with E-state index in [-0.39, 0.29) is 5.41 Å². The molecule has 4 aliphatic carbocycles. The third kappa shape index (κ3) is 1.75. The maximum absolute atomic E-state index is 11.0. The van der Waals surface area contributed by atoms with Crippen LogP contribution in [0.1, 0.15) is 70.6 Å². The van der Waals surface area contributed by atoms with Gasteiger partial charge in [0.15, 0.2) is 0 Å². The van der Waals surface area contributed by atoms with E-state index in [9.17, 15) is 5.11 Å². The van der Waals surface area contributed by atoms with E-state index in [2.05, 4.69) is 37.2 Å². The molecule has 7 atom stereocenters. The quantitative estimate of drug-likeness (QED) is 0.752. The van der Waals surface area contributed by atoms with Crippen LogP contribution in [0.2, 0.25) is 0 Å². The van der Waals surface area contributed by atoms with Gasteiger partial charge in [-0.25, -0.2) is 0 Å². The summed E-state index contributed by atoms with van der Waals surface area (Å²) >= 11 is 0. The van der Waals surface area contributed by atoms with Gasteiger partial charge in [-0.3, -0.25) is 5.10 Å². The molecule has 1 heterocycles. The Morgan fingerprint density at radius 3 is 2.71 bits per heavy atom. The lowest BCUT2D eigenvalue weighted by Crippen LogP contribution is -2.56. The molecule has 1 aromatic heterocycles. The summed E-state index contributed by atoms with van der Waals surface area (Å²) in [7, 11) is 0. The molecule has 0 spiro atoms. The average molecular weight is 329 g/mol. The number of hydrogen-bond acceptors (Lipinski definition) is 2. The van der Waals surface area contributed by atoms with E-state index >= 15 is 0 Å². The minimum atomic E-state index is -0.454. The van der Waals surface area contributed by atoms with Gasteiger partial charge in [-0.2, -0.15) is 5.10 Å². The molecule has 0 radical (unpaired) electrons. The number of hydrogen-bond donors (Lipinski definition) is 2. The molecule has 0 amide bonds. The second-order valence-corrected chi connectivity index (χ2v) is 10.2. The molecule has 4 aliphatic rings. The molecule has 3 nitrogen and oxygen atoms in total. The number of rotatable bonds is 0. The summed E-state index contributed by atoms with van der Waals surface area (Å²) in [4.78, 5) is 0. The Labute approximate surface area is 145 Å². The summed E-state index contributed by atoms with van der Waals surface area (Å²) in [6.07, 6.45) is 12.0. The Kier molecular flexibility index (Phi) is 3.00. The first-order valence-electron chi connectivity index (χ1n) is 10.1. The number of fused-ring (bicyclic) bond motifs is 6. The molecule has 4 unspecified atom stereocenters. The standard InChI is InChI=1S/C21H32N2O/c1-19-11-13-12-22-23-18(13)10-14(19)4-5-15-16(19)6-8-20(2)17(15)7-9-21(20,3)24/h12,14-17,24H,4-11H2,1-3H3,(H,22,23)/t14-,15?,16?,17?,19-,20?,21-/m0/s1. The van der Waals surface area contributed by atoms with Crippen LogP contribution in [0.4, 0.5) is 0 Å². The number of nitrogens with zero attached hydrogens (tertiary/aromatic N) is 1. The summed E-state index contributed by atoms with van der Waals surface area (Å²) in [6, 6.07) is 0. The SMILES string of the molecule is CC12CCC3C(CC[C@H]4Cc5[nH]ncc5C[C@]34C)C1CC[C@]2(C)O. The summed E-state index contributed by atoms with van der Waals surface area (Å²) in [5.41, 5.74) is 3.01. The van der Waals surface area contributed by atoms with Crippen molar-refractivity contribution in [2.24, 2.45) is 34.5 Å². The molecule has 0 saturated heterocycles. The fraction of sp³-hybridized carbons (Fsp3) is 0.857. The molecular weight excluding hydrogens is 296 g/mol. The minimum absolute atomic E-state index is 0.146. The van der Waals surface area contributed by atoms with Gasteiger partial charge in [0.2, 0.25) is 0 Å². The maximum Gasteiger partial charge on any atom is 0.0675 e. The largest absolute Gasteiger partial charge is 0.390 e. The van der Waals surface area contributed by atoms with Crippen LogP contribution in [0.15, 0.2) is 6.20 Å². The van der Waals surface area contributed by atoms with Crippen molar-refractivity contribution in [2.75, 3.05) is 0 Å². The van der Waals surface area contributed by atoms with Crippen LogP contribution in [0.25, 0.3) is 0 Å². The predicted octanol–water partition coefficient (Wildman–Crippen LogP) is 4.12. The Bertz CT molecular complexity index is 665. The molecule has 0 bridgehead atoms. The zero-order valence-electron chi connectivity index (χ0n) is 15.4. The number of H-pyrrole nitrogens is 1. The lowest BCUT2D eigenvalue weighted by molar-refractivity contribution is -0.139. The van der Waals surface area contributed by atoms with Gasteiger partial charge in [-0.1, -0.05) is 13.8 Å².